The minimum atomic E-state index is -4.65. The third-order valence-electron chi connectivity index (χ3n) is 4.31. The van der Waals surface area contributed by atoms with E-state index in [1.807, 2.05) is 0 Å². The van der Waals surface area contributed by atoms with Gasteiger partial charge in [0.2, 0.25) is 0 Å². The lowest BCUT2D eigenvalue weighted by atomic mass is 9.85. The molecule has 5 heteroatoms. The normalized spacial score (nSPS) is 23.8. The molecule has 0 aromatic heterocycles. The van der Waals surface area contributed by atoms with Crippen LogP contribution in [0.15, 0.2) is 18.2 Å². The Hall–Kier alpha value is -1.10. The standard InChI is InChI=1S/C13H13F4N/c14-10-8(2-1-3-9(10)13(15,16)17)11(4-5-11)12(18)6-7-12/h1-3H,4-7,18H2. The van der Waals surface area contributed by atoms with Crippen LogP contribution in [0.1, 0.15) is 36.8 Å². The lowest BCUT2D eigenvalue weighted by Gasteiger charge is -2.25. The van der Waals surface area contributed by atoms with Crippen molar-refractivity contribution in [3.63, 3.8) is 0 Å². The van der Waals surface area contributed by atoms with Gasteiger partial charge in [0.1, 0.15) is 5.82 Å². The fourth-order valence-corrected chi connectivity index (χ4v) is 2.89. The van der Waals surface area contributed by atoms with E-state index in [0.29, 0.717) is 12.8 Å². The van der Waals surface area contributed by atoms with Crippen molar-refractivity contribution >= 4 is 0 Å². The summed E-state index contributed by atoms with van der Waals surface area (Å²) in [4.78, 5) is 0. The van der Waals surface area contributed by atoms with Crippen molar-refractivity contribution in [2.24, 2.45) is 5.73 Å². The van der Waals surface area contributed by atoms with Gasteiger partial charge < -0.3 is 5.73 Å². The van der Waals surface area contributed by atoms with Crippen molar-refractivity contribution in [2.75, 3.05) is 0 Å². The van der Waals surface area contributed by atoms with E-state index in [0.717, 1.165) is 18.9 Å². The molecule has 2 aliphatic rings. The number of hydrogen-bond acceptors (Lipinski definition) is 1. The van der Waals surface area contributed by atoms with Crippen molar-refractivity contribution in [3.8, 4) is 0 Å². The van der Waals surface area contributed by atoms with Gasteiger partial charge in [-0.2, -0.15) is 13.2 Å². The molecule has 1 nitrogen and oxygen atoms in total. The Morgan fingerprint density at radius 1 is 1.06 bits per heavy atom. The maximum Gasteiger partial charge on any atom is 0.419 e. The highest BCUT2D eigenvalue weighted by molar-refractivity contribution is 5.44. The van der Waals surface area contributed by atoms with Gasteiger partial charge in [-0.25, -0.2) is 4.39 Å². The van der Waals surface area contributed by atoms with Gasteiger partial charge in [0.15, 0.2) is 0 Å². The molecule has 2 N–H and O–H groups in total. The maximum atomic E-state index is 14.1. The van der Waals surface area contributed by atoms with Crippen molar-refractivity contribution in [3.05, 3.63) is 35.1 Å². The topological polar surface area (TPSA) is 26.0 Å². The highest BCUT2D eigenvalue weighted by atomic mass is 19.4. The fourth-order valence-electron chi connectivity index (χ4n) is 2.89. The van der Waals surface area contributed by atoms with Gasteiger partial charge in [-0.3, -0.25) is 0 Å². The summed E-state index contributed by atoms with van der Waals surface area (Å²) in [5.74, 6) is -1.14. The van der Waals surface area contributed by atoms with Crippen LogP contribution in [-0.4, -0.2) is 5.54 Å². The summed E-state index contributed by atoms with van der Waals surface area (Å²) in [6.45, 7) is 0. The van der Waals surface area contributed by atoms with Crippen molar-refractivity contribution in [2.45, 2.75) is 42.8 Å². The Morgan fingerprint density at radius 3 is 2.11 bits per heavy atom. The second-order valence-corrected chi connectivity index (χ2v) is 5.40. The van der Waals surface area contributed by atoms with Crippen LogP contribution in [0.25, 0.3) is 0 Å². The van der Waals surface area contributed by atoms with E-state index in [2.05, 4.69) is 0 Å². The van der Waals surface area contributed by atoms with Crippen LogP contribution in [0.3, 0.4) is 0 Å². The minimum Gasteiger partial charge on any atom is -0.324 e. The molecule has 2 aliphatic carbocycles. The van der Waals surface area contributed by atoms with Gasteiger partial charge in [0.25, 0.3) is 0 Å². The molecule has 2 fully saturated rings. The Bertz CT molecular complexity index is 498. The van der Waals surface area contributed by atoms with Gasteiger partial charge in [0, 0.05) is 11.0 Å². The van der Waals surface area contributed by atoms with Crippen LogP contribution in [-0.2, 0) is 11.6 Å². The number of hydrogen-bond donors (Lipinski definition) is 1. The first kappa shape index (κ1) is 12.0. The molecule has 18 heavy (non-hydrogen) atoms. The summed E-state index contributed by atoms with van der Waals surface area (Å²) in [7, 11) is 0. The second kappa shape index (κ2) is 3.26. The van der Waals surface area contributed by atoms with Gasteiger partial charge in [-0.15, -0.1) is 0 Å². The van der Waals surface area contributed by atoms with Gasteiger partial charge in [-0.05, 0) is 37.3 Å². The number of benzene rings is 1. The molecular formula is C13H13F4N. The third kappa shape index (κ3) is 1.49. The smallest absolute Gasteiger partial charge is 0.324 e. The second-order valence-electron chi connectivity index (χ2n) is 5.40. The monoisotopic (exact) mass is 259 g/mol. The molecule has 0 atom stereocenters. The highest BCUT2D eigenvalue weighted by Gasteiger charge is 2.65. The summed E-state index contributed by atoms with van der Waals surface area (Å²) in [6, 6.07) is 3.50. The van der Waals surface area contributed by atoms with E-state index in [1.165, 1.54) is 12.1 Å². The molecule has 2 saturated carbocycles. The first-order chi connectivity index (χ1) is 8.30. The zero-order valence-corrected chi connectivity index (χ0v) is 9.65. The Balaban J connectivity index is 2.09. The zero-order chi connectivity index (χ0) is 13.2. The van der Waals surface area contributed by atoms with E-state index in [-0.39, 0.29) is 5.56 Å². The maximum absolute atomic E-state index is 14.1. The minimum absolute atomic E-state index is 0.150. The number of halogens is 4. The van der Waals surface area contributed by atoms with Crippen LogP contribution in [0, 0.1) is 5.82 Å². The Kier molecular flexibility index (Phi) is 2.17. The predicted molar refractivity (Wildman–Crippen MR) is 58.5 cm³/mol. The molecule has 0 heterocycles. The van der Waals surface area contributed by atoms with E-state index in [4.69, 9.17) is 5.73 Å². The quantitative estimate of drug-likeness (QED) is 0.810. The average Bonchev–Trinajstić information content (AvgIpc) is 3.12. The molecule has 0 unspecified atom stereocenters. The molecular weight excluding hydrogens is 246 g/mol. The van der Waals surface area contributed by atoms with Gasteiger partial charge >= 0.3 is 6.18 Å². The number of alkyl halides is 3. The third-order valence-corrected chi connectivity index (χ3v) is 4.31. The number of rotatable bonds is 2. The Morgan fingerprint density at radius 2 is 1.67 bits per heavy atom. The van der Waals surface area contributed by atoms with Crippen molar-refractivity contribution in [1.29, 1.82) is 0 Å². The van der Waals surface area contributed by atoms with Crippen LogP contribution < -0.4 is 5.73 Å². The van der Waals surface area contributed by atoms with Crippen LogP contribution in [0.5, 0.6) is 0 Å². The summed E-state index contributed by atoms with van der Waals surface area (Å²) < 4.78 is 52.1. The first-order valence-electron chi connectivity index (χ1n) is 5.95. The summed E-state index contributed by atoms with van der Waals surface area (Å²) >= 11 is 0. The first-order valence-corrected chi connectivity index (χ1v) is 5.95. The molecule has 0 spiro atoms. The molecule has 98 valence electrons. The van der Waals surface area contributed by atoms with E-state index in [1.54, 1.807) is 0 Å². The molecule has 0 bridgehead atoms. The molecule has 0 radical (unpaired) electrons. The van der Waals surface area contributed by atoms with E-state index < -0.39 is 28.5 Å². The lowest BCUT2D eigenvalue weighted by molar-refractivity contribution is -0.140. The SMILES string of the molecule is NC1(C2(c3cccc(C(F)(F)F)c3F)CC2)CC1. The summed E-state index contributed by atoms with van der Waals surface area (Å²) in [5.41, 5.74) is 4.02. The fraction of sp³-hybridized carbons (Fsp3) is 0.538. The largest absolute Gasteiger partial charge is 0.419 e. The molecule has 1 aromatic carbocycles. The van der Waals surface area contributed by atoms with E-state index in [9.17, 15) is 17.6 Å². The molecule has 1 aromatic rings. The molecule has 3 rings (SSSR count). The zero-order valence-electron chi connectivity index (χ0n) is 9.65. The van der Waals surface area contributed by atoms with E-state index >= 15 is 0 Å². The predicted octanol–water partition coefficient (Wildman–Crippen LogP) is 3.37. The molecule has 0 amide bonds. The van der Waals surface area contributed by atoms with Crippen molar-refractivity contribution < 1.29 is 17.6 Å². The lowest BCUT2D eigenvalue weighted by Crippen LogP contribution is -2.38. The summed E-state index contributed by atoms with van der Waals surface area (Å²) in [5, 5.41) is 0. The van der Waals surface area contributed by atoms with Gasteiger partial charge in [0.05, 0.1) is 5.56 Å². The summed E-state index contributed by atoms with van der Waals surface area (Å²) in [6.07, 6.45) is -1.75. The highest BCUT2D eigenvalue weighted by Crippen LogP contribution is 2.64. The van der Waals surface area contributed by atoms with Crippen molar-refractivity contribution in [1.82, 2.24) is 0 Å². The number of nitrogens with two attached hydrogens (primary N) is 1. The van der Waals surface area contributed by atoms with Crippen LogP contribution in [0.4, 0.5) is 17.6 Å². The van der Waals surface area contributed by atoms with Crippen LogP contribution >= 0.6 is 0 Å². The Labute approximate surface area is 102 Å². The van der Waals surface area contributed by atoms with Crippen LogP contribution in [0.2, 0.25) is 0 Å². The average molecular weight is 259 g/mol. The molecule has 0 aliphatic heterocycles. The van der Waals surface area contributed by atoms with Gasteiger partial charge in [-0.1, -0.05) is 12.1 Å². The molecule has 0 saturated heterocycles.